The first-order valence-electron chi connectivity index (χ1n) is 11.4. The second-order valence-corrected chi connectivity index (χ2v) is 8.74. The van der Waals surface area contributed by atoms with E-state index in [0.29, 0.717) is 11.6 Å². The van der Waals surface area contributed by atoms with Crippen LogP contribution in [0.15, 0.2) is 72.8 Å². The summed E-state index contributed by atoms with van der Waals surface area (Å²) in [5.74, 6) is 0. The molecule has 0 aliphatic heterocycles. The predicted molar refractivity (Wildman–Crippen MR) is 142 cm³/mol. The molecule has 0 spiro atoms. The third-order valence-corrected chi connectivity index (χ3v) is 6.24. The lowest BCUT2D eigenvalue weighted by atomic mass is 10.1. The van der Waals surface area contributed by atoms with Crippen molar-refractivity contribution in [1.29, 1.82) is 0 Å². The topological polar surface area (TPSA) is 71.0 Å². The molecule has 2 aromatic heterocycles. The number of aromatic nitrogens is 2. The van der Waals surface area contributed by atoms with Gasteiger partial charge in [0.15, 0.2) is 0 Å². The fourth-order valence-corrected chi connectivity index (χ4v) is 4.53. The summed E-state index contributed by atoms with van der Waals surface area (Å²) in [5, 5.41) is 13.4. The van der Waals surface area contributed by atoms with Crippen molar-refractivity contribution in [3.8, 4) is 0 Å². The fraction of sp³-hybridized carbons (Fsp3) is 0.185. The molecule has 5 aromatic rings. The van der Waals surface area contributed by atoms with Crippen molar-refractivity contribution < 1.29 is 4.79 Å². The molecule has 3 aromatic carbocycles. The van der Waals surface area contributed by atoms with Crippen LogP contribution in [0.2, 0.25) is 5.02 Å². The summed E-state index contributed by atoms with van der Waals surface area (Å²) in [7, 11) is 2.05. The van der Waals surface area contributed by atoms with Gasteiger partial charge >= 0.3 is 6.03 Å². The molecule has 0 radical (unpaired) electrons. The average Bonchev–Trinajstić information content (AvgIpc) is 3.13. The van der Waals surface area contributed by atoms with Crippen LogP contribution in [0.5, 0.6) is 0 Å². The van der Waals surface area contributed by atoms with Crippen molar-refractivity contribution in [2.45, 2.75) is 12.8 Å². The van der Waals surface area contributed by atoms with Crippen LogP contribution < -0.4 is 16.0 Å². The van der Waals surface area contributed by atoms with E-state index in [-0.39, 0.29) is 6.03 Å². The van der Waals surface area contributed by atoms with Crippen LogP contribution >= 0.6 is 11.6 Å². The number of fused-ring (bicyclic) bond motifs is 4. The van der Waals surface area contributed by atoms with Crippen LogP contribution in [0, 0.1) is 0 Å². The first kappa shape index (κ1) is 22.0. The van der Waals surface area contributed by atoms with E-state index in [1.165, 1.54) is 0 Å². The summed E-state index contributed by atoms with van der Waals surface area (Å²) in [4.78, 5) is 17.0. The van der Waals surface area contributed by atoms with E-state index >= 15 is 0 Å². The van der Waals surface area contributed by atoms with Crippen molar-refractivity contribution in [2.75, 3.05) is 23.7 Å². The van der Waals surface area contributed by atoms with Crippen LogP contribution in [-0.2, 0) is 7.05 Å². The number of hydrogen-bond acceptors (Lipinski definition) is 3. The molecule has 34 heavy (non-hydrogen) atoms. The van der Waals surface area contributed by atoms with Gasteiger partial charge in [0, 0.05) is 41.6 Å². The van der Waals surface area contributed by atoms with Crippen molar-refractivity contribution in [2.24, 2.45) is 7.05 Å². The number of urea groups is 1. The second-order valence-electron chi connectivity index (χ2n) is 8.30. The smallest absolute Gasteiger partial charge is 0.319 e. The summed E-state index contributed by atoms with van der Waals surface area (Å²) in [6.07, 6.45) is 1.76. The molecule has 172 valence electrons. The maximum Gasteiger partial charge on any atom is 0.319 e. The van der Waals surface area contributed by atoms with Gasteiger partial charge in [-0.05, 0) is 49.2 Å². The lowest BCUT2D eigenvalue weighted by Gasteiger charge is -2.13. The lowest BCUT2D eigenvalue weighted by molar-refractivity contribution is 0.252. The quantitative estimate of drug-likeness (QED) is 0.236. The molecule has 0 saturated carbocycles. The molecule has 0 saturated heterocycles. The monoisotopic (exact) mass is 471 g/mol. The van der Waals surface area contributed by atoms with Crippen LogP contribution in [0.1, 0.15) is 12.8 Å². The Kier molecular flexibility index (Phi) is 6.23. The van der Waals surface area contributed by atoms with Gasteiger partial charge in [0.2, 0.25) is 0 Å². The Hall–Kier alpha value is -3.77. The summed E-state index contributed by atoms with van der Waals surface area (Å²) in [5.41, 5.74) is 4.82. The van der Waals surface area contributed by atoms with E-state index in [4.69, 9.17) is 16.6 Å². The van der Waals surface area contributed by atoms with Gasteiger partial charge in [-0.3, -0.25) is 0 Å². The molecule has 0 aliphatic carbocycles. The van der Waals surface area contributed by atoms with Gasteiger partial charge in [0.05, 0.1) is 22.1 Å². The van der Waals surface area contributed by atoms with E-state index in [0.717, 1.165) is 63.6 Å². The summed E-state index contributed by atoms with van der Waals surface area (Å²) in [6, 6.07) is 23.4. The molecule has 6 nitrogen and oxygen atoms in total. The normalized spacial score (nSPS) is 11.2. The molecular weight excluding hydrogens is 446 g/mol. The molecule has 3 N–H and O–H groups in total. The molecule has 0 fully saturated rings. The SMILES string of the molecule is Cn1c2ccccc2c2c(NCCCCNC(=O)Nc3ccccc3)c3cc(Cl)ccc3nc21. The van der Waals surface area contributed by atoms with Gasteiger partial charge in [-0.25, -0.2) is 9.78 Å². The van der Waals surface area contributed by atoms with E-state index < -0.39 is 0 Å². The Morgan fingerprint density at radius 2 is 1.71 bits per heavy atom. The highest BCUT2D eigenvalue weighted by Crippen LogP contribution is 2.38. The van der Waals surface area contributed by atoms with Gasteiger partial charge in [-0.1, -0.05) is 48.0 Å². The Balaban J connectivity index is 1.30. The number of carbonyl (C=O) groups excluding carboxylic acids is 1. The predicted octanol–water partition coefficient (Wildman–Crippen LogP) is 6.55. The van der Waals surface area contributed by atoms with Crippen LogP contribution in [0.3, 0.4) is 0 Å². The van der Waals surface area contributed by atoms with Gasteiger partial charge in [0.25, 0.3) is 0 Å². The number of para-hydroxylation sites is 2. The highest BCUT2D eigenvalue weighted by atomic mass is 35.5. The maximum absolute atomic E-state index is 12.1. The number of nitrogens with one attached hydrogen (secondary N) is 3. The first-order chi connectivity index (χ1) is 16.6. The Morgan fingerprint density at radius 3 is 2.56 bits per heavy atom. The summed E-state index contributed by atoms with van der Waals surface area (Å²) < 4.78 is 2.14. The molecule has 0 aliphatic rings. The third-order valence-electron chi connectivity index (χ3n) is 6.00. The number of benzene rings is 3. The number of aryl methyl sites for hydroxylation is 1. The molecule has 2 amide bonds. The summed E-state index contributed by atoms with van der Waals surface area (Å²) >= 11 is 6.35. The molecular formula is C27H26ClN5O. The van der Waals surface area contributed by atoms with Crippen LogP contribution in [0.4, 0.5) is 16.2 Å². The van der Waals surface area contributed by atoms with Gasteiger partial charge in [-0.2, -0.15) is 0 Å². The van der Waals surface area contributed by atoms with Crippen molar-refractivity contribution >= 4 is 61.8 Å². The number of amides is 2. The molecule has 7 heteroatoms. The van der Waals surface area contributed by atoms with E-state index in [2.05, 4.69) is 45.8 Å². The second kappa shape index (κ2) is 9.61. The highest BCUT2D eigenvalue weighted by Gasteiger charge is 2.16. The number of halogens is 1. The number of nitrogens with zero attached hydrogens (tertiary/aromatic N) is 2. The lowest BCUT2D eigenvalue weighted by Crippen LogP contribution is -2.29. The van der Waals surface area contributed by atoms with Crippen LogP contribution in [0.25, 0.3) is 32.8 Å². The molecule has 0 bridgehead atoms. The number of anilines is 2. The zero-order valence-corrected chi connectivity index (χ0v) is 19.7. The molecule has 0 unspecified atom stereocenters. The van der Waals surface area contributed by atoms with Crippen molar-refractivity contribution in [3.63, 3.8) is 0 Å². The van der Waals surface area contributed by atoms with Gasteiger partial charge in [-0.15, -0.1) is 0 Å². The zero-order valence-electron chi connectivity index (χ0n) is 18.9. The average molecular weight is 472 g/mol. The third kappa shape index (κ3) is 4.37. The van der Waals surface area contributed by atoms with Crippen molar-refractivity contribution in [3.05, 3.63) is 77.8 Å². The number of rotatable bonds is 7. The molecule has 2 heterocycles. The minimum atomic E-state index is -0.189. The Labute approximate surface area is 202 Å². The number of unbranched alkanes of at least 4 members (excludes halogenated alkanes) is 1. The Morgan fingerprint density at radius 1 is 0.941 bits per heavy atom. The van der Waals surface area contributed by atoms with Gasteiger partial charge in [0.1, 0.15) is 5.65 Å². The first-order valence-corrected chi connectivity index (χ1v) is 11.8. The molecule has 0 atom stereocenters. The summed E-state index contributed by atoms with van der Waals surface area (Å²) in [6.45, 7) is 1.37. The van der Waals surface area contributed by atoms with Gasteiger partial charge < -0.3 is 20.5 Å². The Bertz CT molecular complexity index is 1480. The largest absolute Gasteiger partial charge is 0.384 e. The zero-order chi connectivity index (χ0) is 23.5. The van der Waals surface area contributed by atoms with Crippen LogP contribution in [-0.4, -0.2) is 28.7 Å². The molecule has 5 rings (SSSR count). The van der Waals surface area contributed by atoms with E-state index in [1.807, 2.05) is 54.6 Å². The minimum absolute atomic E-state index is 0.189. The standard InChI is InChI=1S/C27H26ClN5O/c1-33-23-12-6-5-11-20(23)24-25(21-17-18(28)13-14-22(21)32-26(24)33)29-15-7-8-16-30-27(34)31-19-9-3-2-4-10-19/h2-6,9-14,17H,7-8,15-16H2,1H3,(H,29,32)(H2,30,31,34). The number of pyridine rings is 1. The van der Waals surface area contributed by atoms with Crippen molar-refractivity contribution in [1.82, 2.24) is 14.9 Å². The number of hydrogen-bond donors (Lipinski definition) is 3. The highest BCUT2D eigenvalue weighted by molar-refractivity contribution is 6.32. The van der Waals surface area contributed by atoms with E-state index in [1.54, 1.807) is 0 Å². The fourth-order valence-electron chi connectivity index (χ4n) is 4.36. The minimum Gasteiger partial charge on any atom is -0.384 e. The number of carbonyl (C=O) groups is 1. The van der Waals surface area contributed by atoms with E-state index in [9.17, 15) is 4.79 Å². The maximum atomic E-state index is 12.1.